The molecule has 0 aromatic carbocycles. The molecule has 0 aliphatic heterocycles. The van der Waals surface area contributed by atoms with Crippen LogP contribution in [0.5, 0.6) is 0 Å². The van der Waals surface area contributed by atoms with Crippen LogP contribution in [0.4, 0.5) is 0 Å². The van der Waals surface area contributed by atoms with Crippen LogP contribution in [0.2, 0.25) is 5.15 Å². The summed E-state index contributed by atoms with van der Waals surface area (Å²) in [5.74, 6) is 0.771. The number of hydrogen-bond donors (Lipinski definition) is 0. The smallest absolute Gasteiger partial charge is 0.162 e. The van der Waals surface area contributed by atoms with Crippen LogP contribution in [0.25, 0.3) is 21.0 Å². The number of pyridine rings is 1. The van der Waals surface area contributed by atoms with Crippen molar-refractivity contribution in [2.24, 2.45) is 0 Å². The molecular formula is C10H5ClN2OS. The molecule has 3 aromatic rings. The Bertz CT molecular complexity index is 603. The maximum Gasteiger partial charge on any atom is 0.162 e. The molecule has 0 spiro atoms. The molecule has 0 aliphatic carbocycles. The Balaban J connectivity index is 2.22. The summed E-state index contributed by atoms with van der Waals surface area (Å²) in [6.45, 7) is 0. The highest BCUT2D eigenvalue weighted by Crippen LogP contribution is 2.30. The monoisotopic (exact) mass is 236 g/mol. The van der Waals surface area contributed by atoms with Crippen LogP contribution in [-0.4, -0.2) is 9.97 Å². The SMILES string of the molecule is Clc1cc2sc(-c3ccco3)nc2cn1. The van der Waals surface area contributed by atoms with Gasteiger partial charge in [-0.15, -0.1) is 11.3 Å². The third-order valence-corrected chi connectivity index (χ3v) is 3.21. The maximum atomic E-state index is 5.80. The van der Waals surface area contributed by atoms with Crippen LogP contribution in [-0.2, 0) is 0 Å². The third-order valence-electron chi connectivity index (χ3n) is 1.97. The van der Waals surface area contributed by atoms with Crippen LogP contribution in [0.1, 0.15) is 0 Å². The van der Waals surface area contributed by atoms with Gasteiger partial charge in [0.15, 0.2) is 10.8 Å². The lowest BCUT2D eigenvalue weighted by Crippen LogP contribution is -1.74. The highest BCUT2D eigenvalue weighted by molar-refractivity contribution is 7.21. The number of aromatic nitrogens is 2. The lowest BCUT2D eigenvalue weighted by Gasteiger charge is -1.85. The predicted molar refractivity (Wildman–Crippen MR) is 60.1 cm³/mol. The first-order valence-corrected chi connectivity index (χ1v) is 5.48. The Morgan fingerprint density at radius 3 is 3.13 bits per heavy atom. The zero-order chi connectivity index (χ0) is 10.3. The van der Waals surface area contributed by atoms with Crippen molar-refractivity contribution in [3.63, 3.8) is 0 Å². The van der Waals surface area contributed by atoms with E-state index in [9.17, 15) is 0 Å². The molecule has 3 heterocycles. The van der Waals surface area contributed by atoms with Crippen LogP contribution in [0.15, 0.2) is 35.1 Å². The lowest BCUT2D eigenvalue weighted by molar-refractivity contribution is 0.582. The average molecular weight is 237 g/mol. The van der Waals surface area contributed by atoms with Gasteiger partial charge in [-0.1, -0.05) is 11.6 Å². The van der Waals surface area contributed by atoms with Gasteiger partial charge < -0.3 is 4.42 Å². The van der Waals surface area contributed by atoms with E-state index in [4.69, 9.17) is 16.0 Å². The molecule has 0 fully saturated rings. The van der Waals surface area contributed by atoms with E-state index in [1.54, 1.807) is 18.5 Å². The molecular weight excluding hydrogens is 232 g/mol. The minimum absolute atomic E-state index is 0.483. The fourth-order valence-corrected chi connectivity index (χ4v) is 2.48. The topological polar surface area (TPSA) is 38.9 Å². The second-order valence-electron chi connectivity index (χ2n) is 2.97. The van der Waals surface area contributed by atoms with Crippen molar-refractivity contribution in [3.8, 4) is 10.8 Å². The number of fused-ring (bicyclic) bond motifs is 1. The van der Waals surface area contributed by atoms with Crippen molar-refractivity contribution >= 4 is 33.2 Å². The Morgan fingerprint density at radius 2 is 2.33 bits per heavy atom. The summed E-state index contributed by atoms with van der Waals surface area (Å²) in [7, 11) is 0. The zero-order valence-corrected chi connectivity index (χ0v) is 9.05. The molecule has 0 atom stereocenters. The number of rotatable bonds is 1. The summed E-state index contributed by atoms with van der Waals surface area (Å²) >= 11 is 7.34. The molecule has 0 saturated carbocycles. The third kappa shape index (κ3) is 1.52. The molecule has 0 aliphatic rings. The van der Waals surface area contributed by atoms with Gasteiger partial charge in [0, 0.05) is 0 Å². The van der Waals surface area contributed by atoms with Crippen LogP contribution in [0, 0.1) is 0 Å². The molecule has 3 rings (SSSR count). The van der Waals surface area contributed by atoms with E-state index >= 15 is 0 Å². The average Bonchev–Trinajstić information content (AvgIpc) is 2.84. The first-order valence-electron chi connectivity index (χ1n) is 4.29. The van der Waals surface area contributed by atoms with Crippen molar-refractivity contribution in [1.29, 1.82) is 0 Å². The van der Waals surface area contributed by atoms with Crippen molar-refractivity contribution in [2.75, 3.05) is 0 Å². The number of nitrogens with zero attached hydrogens (tertiary/aromatic N) is 2. The summed E-state index contributed by atoms with van der Waals surface area (Å²) in [5, 5.41) is 1.33. The normalized spacial score (nSPS) is 11.0. The van der Waals surface area contributed by atoms with E-state index in [1.165, 1.54) is 11.3 Å². The van der Waals surface area contributed by atoms with E-state index in [-0.39, 0.29) is 0 Å². The van der Waals surface area contributed by atoms with E-state index in [1.807, 2.05) is 12.1 Å². The van der Waals surface area contributed by atoms with Crippen molar-refractivity contribution in [1.82, 2.24) is 9.97 Å². The zero-order valence-electron chi connectivity index (χ0n) is 7.48. The standard InChI is InChI=1S/C10H5ClN2OS/c11-9-4-8-6(5-12-9)13-10(15-8)7-2-1-3-14-7/h1-5H. The number of thiazole rings is 1. The van der Waals surface area contributed by atoms with Gasteiger partial charge in [0.05, 0.1) is 17.2 Å². The van der Waals surface area contributed by atoms with Crippen molar-refractivity contribution < 1.29 is 4.42 Å². The van der Waals surface area contributed by atoms with Gasteiger partial charge >= 0.3 is 0 Å². The first kappa shape index (κ1) is 8.88. The van der Waals surface area contributed by atoms with Gasteiger partial charge in [0.25, 0.3) is 0 Å². The van der Waals surface area contributed by atoms with Crippen LogP contribution < -0.4 is 0 Å². The Hall–Kier alpha value is -1.39. The molecule has 3 nitrogen and oxygen atoms in total. The summed E-state index contributed by atoms with van der Waals surface area (Å²) in [5.41, 5.74) is 0.843. The molecule has 3 aromatic heterocycles. The lowest BCUT2D eigenvalue weighted by atomic mass is 10.4. The fraction of sp³-hybridized carbons (Fsp3) is 0. The van der Waals surface area contributed by atoms with E-state index in [0.29, 0.717) is 5.15 Å². The molecule has 74 valence electrons. The molecule has 0 radical (unpaired) electrons. The molecule has 0 saturated heterocycles. The fourth-order valence-electron chi connectivity index (χ4n) is 1.31. The predicted octanol–water partition coefficient (Wildman–Crippen LogP) is 3.60. The molecule has 5 heteroatoms. The summed E-state index contributed by atoms with van der Waals surface area (Å²) in [4.78, 5) is 8.38. The van der Waals surface area contributed by atoms with E-state index in [0.717, 1.165) is 21.0 Å². The summed E-state index contributed by atoms with van der Waals surface area (Å²) in [6, 6.07) is 5.53. The van der Waals surface area contributed by atoms with Gasteiger partial charge in [0.2, 0.25) is 0 Å². The minimum atomic E-state index is 0.483. The number of furan rings is 1. The maximum absolute atomic E-state index is 5.80. The second-order valence-corrected chi connectivity index (χ2v) is 4.39. The largest absolute Gasteiger partial charge is 0.462 e. The molecule has 0 unspecified atom stereocenters. The van der Waals surface area contributed by atoms with Gasteiger partial charge in [-0.2, -0.15) is 0 Å². The Morgan fingerprint density at radius 1 is 1.40 bits per heavy atom. The van der Waals surface area contributed by atoms with Crippen molar-refractivity contribution in [3.05, 3.63) is 35.8 Å². The molecule has 0 bridgehead atoms. The highest BCUT2D eigenvalue weighted by atomic mass is 35.5. The van der Waals surface area contributed by atoms with E-state index in [2.05, 4.69) is 9.97 Å². The van der Waals surface area contributed by atoms with E-state index < -0.39 is 0 Å². The first-order chi connectivity index (χ1) is 7.33. The van der Waals surface area contributed by atoms with Crippen molar-refractivity contribution in [2.45, 2.75) is 0 Å². The van der Waals surface area contributed by atoms with Gasteiger partial charge in [-0.25, -0.2) is 9.97 Å². The summed E-state index contributed by atoms with van der Waals surface area (Å²) in [6.07, 6.45) is 3.30. The summed E-state index contributed by atoms with van der Waals surface area (Å²) < 4.78 is 6.29. The quantitative estimate of drug-likeness (QED) is 0.606. The molecule has 0 N–H and O–H groups in total. The van der Waals surface area contributed by atoms with Crippen LogP contribution >= 0.6 is 22.9 Å². The molecule has 0 amide bonds. The van der Waals surface area contributed by atoms with Gasteiger partial charge in [-0.3, -0.25) is 0 Å². The second kappa shape index (κ2) is 3.32. The number of hydrogen-bond acceptors (Lipinski definition) is 4. The van der Waals surface area contributed by atoms with Crippen LogP contribution in [0.3, 0.4) is 0 Å². The molecule has 15 heavy (non-hydrogen) atoms. The minimum Gasteiger partial charge on any atom is -0.462 e. The Labute approximate surface area is 94.3 Å². The van der Waals surface area contributed by atoms with Gasteiger partial charge in [-0.05, 0) is 18.2 Å². The Kier molecular flexibility index (Phi) is 1.97. The highest BCUT2D eigenvalue weighted by Gasteiger charge is 2.08. The van der Waals surface area contributed by atoms with Gasteiger partial charge in [0.1, 0.15) is 10.7 Å². The number of halogens is 1.